The Bertz CT molecular complexity index is 1180. The van der Waals surface area contributed by atoms with E-state index in [4.69, 9.17) is 0 Å². The summed E-state index contributed by atoms with van der Waals surface area (Å²) in [5.41, 5.74) is 5.78. The number of aryl methyl sites for hydroxylation is 2. The highest BCUT2D eigenvalue weighted by molar-refractivity contribution is 6.24. The lowest BCUT2D eigenvalue weighted by Gasteiger charge is -2.22. The molecule has 0 unspecified atom stereocenters. The molecule has 1 aliphatic rings. The van der Waals surface area contributed by atoms with Gasteiger partial charge in [-0.3, -0.25) is 14.9 Å². The highest BCUT2D eigenvalue weighted by Crippen LogP contribution is 2.27. The van der Waals surface area contributed by atoms with Crippen molar-refractivity contribution in [3.63, 3.8) is 0 Å². The molecule has 5 heteroatoms. The van der Waals surface area contributed by atoms with Gasteiger partial charge in [0.15, 0.2) is 0 Å². The van der Waals surface area contributed by atoms with E-state index in [0.717, 1.165) is 30.4 Å². The third-order valence-corrected chi connectivity index (χ3v) is 6.21. The molecule has 0 fully saturated rings. The number of hydrogen-bond donors (Lipinski definition) is 1. The van der Waals surface area contributed by atoms with Gasteiger partial charge in [0.1, 0.15) is 0 Å². The Morgan fingerprint density at radius 1 is 1.00 bits per heavy atom. The lowest BCUT2D eigenvalue weighted by Crippen LogP contribution is -2.29. The van der Waals surface area contributed by atoms with Gasteiger partial charge in [-0.2, -0.15) is 0 Å². The Labute approximate surface area is 194 Å². The van der Waals surface area contributed by atoms with Gasteiger partial charge in [0, 0.05) is 17.7 Å². The fourth-order valence-electron chi connectivity index (χ4n) is 4.42. The molecule has 0 saturated carbocycles. The van der Waals surface area contributed by atoms with Gasteiger partial charge in [0.25, 0.3) is 11.6 Å². The molecule has 0 bridgehead atoms. The van der Waals surface area contributed by atoms with E-state index in [-0.39, 0.29) is 17.6 Å². The number of nitro groups is 1. The summed E-state index contributed by atoms with van der Waals surface area (Å²) in [6.45, 7) is 2.07. The van der Waals surface area contributed by atoms with E-state index in [9.17, 15) is 14.9 Å². The molecule has 1 amide bonds. The van der Waals surface area contributed by atoms with Crippen LogP contribution >= 0.6 is 0 Å². The number of nitrogens with zero attached hydrogens (tertiary/aromatic N) is 1. The largest absolute Gasteiger partial charge is 0.345 e. The summed E-state index contributed by atoms with van der Waals surface area (Å²) in [4.78, 5) is 24.2. The van der Waals surface area contributed by atoms with Crippen molar-refractivity contribution in [2.45, 2.75) is 45.1 Å². The second kappa shape index (κ2) is 10.3. The summed E-state index contributed by atoms with van der Waals surface area (Å²) in [6, 6.07) is 22.2. The van der Waals surface area contributed by atoms with Crippen molar-refractivity contribution < 1.29 is 9.72 Å². The van der Waals surface area contributed by atoms with Crippen molar-refractivity contribution in [3.8, 4) is 0 Å². The van der Waals surface area contributed by atoms with E-state index in [1.54, 1.807) is 18.2 Å². The number of hydrogen-bond acceptors (Lipinski definition) is 3. The molecule has 3 aromatic carbocycles. The first-order chi connectivity index (χ1) is 16.0. The molecule has 33 heavy (non-hydrogen) atoms. The van der Waals surface area contributed by atoms with Crippen LogP contribution in [0, 0.1) is 10.1 Å². The normalized spacial score (nSPS) is 14.3. The zero-order chi connectivity index (χ0) is 23.2. The fourth-order valence-corrected chi connectivity index (χ4v) is 4.42. The van der Waals surface area contributed by atoms with Gasteiger partial charge >= 0.3 is 0 Å². The second-order valence-corrected chi connectivity index (χ2v) is 8.45. The summed E-state index contributed by atoms with van der Waals surface area (Å²) in [5, 5.41) is 14.4. The number of nitro benzene ring substituents is 1. The molecule has 0 aromatic heterocycles. The second-order valence-electron chi connectivity index (χ2n) is 8.45. The minimum atomic E-state index is -0.428. The summed E-state index contributed by atoms with van der Waals surface area (Å²) in [7, 11) is 0. The van der Waals surface area contributed by atoms with Gasteiger partial charge in [0.05, 0.1) is 11.0 Å². The van der Waals surface area contributed by atoms with E-state index in [0.29, 0.717) is 11.1 Å². The lowest BCUT2D eigenvalue weighted by atomic mass is 9.88. The number of carbonyl (C=O) groups excluding carboxylic acids is 1. The number of benzene rings is 3. The lowest BCUT2D eigenvalue weighted by molar-refractivity contribution is -0.384. The molecule has 0 spiro atoms. The van der Waals surface area contributed by atoms with Crippen LogP contribution in [0.3, 0.4) is 0 Å². The fraction of sp³-hybridized carbons (Fsp3) is 0.250. The van der Waals surface area contributed by atoms with Gasteiger partial charge in [-0.15, -0.1) is 0 Å². The van der Waals surface area contributed by atoms with Crippen LogP contribution in [0.15, 0.2) is 72.8 Å². The van der Waals surface area contributed by atoms with Crippen LogP contribution in [0.25, 0.3) is 11.6 Å². The maximum Gasteiger partial charge on any atom is 0.270 e. The minimum absolute atomic E-state index is 0.00272. The number of nitrogens with one attached hydrogen (secondary N) is 1. The van der Waals surface area contributed by atoms with E-state index >= 15 is 0 Å². The number of fused-ring (bicyclic) bond motifs is 1. The topological polar surface area (TPSA) is 72.2 Å². The molecule has 3 aromatic rings. The van der Waals surface area contributed by atoms with Crippen LogP contribution in [0.1, 0.15) is 60.0 Å². The average Bonchev–Trinajstić information content (AvgIpc) is 2.86. The highest BCUT2D eigenvalue weighted by Gasteiger charge is 2.19. The van der Waals surface area contributed by atoms with Crippen molar-refractivity contribution in [1.82, 2.24) is 5.32 Å². The molecular weight excluding hydrogens is 412 g/mol. The summed E-state index contributed by atoms with van der Waals surface area (Å²) >= 11 is 0. The van der Waals surface area contributed by atoms with Gasteiger partial charge in [-0.05, 0) is 66.0 Å². The zero-order valence-electron chi connectivity index (χ0n) is 18.8. The average molecular weight is 441 g/mol. The van der Waals surface area contributed by atoms with E-state index in [2.05, 4.69) is 30.4 Å². The van der Waals surface area contributed by atoms with Crippen molar-refractivity contribution >= 4 is 23.2 Å². The van der Waals surface area contributed by atoms with Crippen LogP contribution in [0.4, 0.5) is 5.69 Å². The van der Waals surface area contributed by atoms with Gasteiger partial charge in [-0.1, -0.05) is 67.6 Å². The van der Waals surface area contributed by atoms with Gasteiger partial charge in [-0.25, -0.2) is 0 Å². The number of non-ortho nitro benzene ring substituents is 1. The standard InChI is InChI=1S/C28H28N2O3/c1-2-27(24-16-15-21-10-6-7-13-23(21)19-24)29-28(31)26(22-11-4-3-5-12-22)18-20-9-8-14-25(17-20)30(32)33/h3-5,8-9,11-12,14-19,27H,2,6-7,10,13H2,1H3,(H,29,31)/b26-18+/t27-/m1/s1. The molecule has 1 atom stereocenters. The van der Waals surface area contributed by atoms with Crippen LogP contribution in [0.5, 0.6) is 0 Å². The number of carbonyl (C=O) groups is 1. The Balaban J connectivity index is 1.65. The van der Waals surface area contributed by atoms with Crippen molar-refractivity contribution in [2.75, 3.05) is 0 Å². The van der Waals surface area contributed by atoms with Crippen molar-refractivity contribution in [2.24, 2.45) is 0 Å². The summed E-state index contributed by atoms with van der Waals surface area (Å²) in [5.74, 6) is -0.197. The van der Waals surface area contributed by atoms with Crippen LogP contribution in [0.2, 0.25) is 0 Å². The monoisotopic (exact) mass is 440 g/mol. The smallest absolute Gasteiger partial charge is 0.270 e. The number of amides is 1. The molecule has 0 radical (unpaired) electrons. The Morgan fingerprint density at radius 3 is 2.48 bits per heavy atom. The van der Waals surface area contributed by atoms with E-state index in [1.165, 1.54) is 36.1 Å². The number of rotatable bonds is 7. The maximum atomic E-state index is 13.5. The highest BCUT2D eigenvalue weighted by atomic mass is 16.6. The van der Waals surface area contributed by atoms with E-state index in [1.807, 2.05) is 30.3 Å². The molecule has 1 N–H and O–H groups in total. The van der Waals surface area contributed by atoms with Gasteiger partial charge in [0.2, 0.25) is 0 Å². The van der Waals surface area contributed by atoms with Crippen molar-refractivity contribution in [1.29, 1.82) is 0 Å². The third kappa shape index (κ3) is 5.37. The quantitative estimate of drug-likeness (QED) is 0.203. The van der Waals surface area contributed by atoms with Crippen LogP contribution in [-0.2, 0) is 17.6 Å². The maximum absolute atomic E-state index is 13.5. The minimum Gasteiger partial charge on any atom is -0.345 e. The molecule has 4 rings (SSSR count). The molecule has 0 heterocycles. The zero-order valence-corrected chi connectivity index (χ0v) is 18.8. The Morgan fingerprint density at radius 2 is 1.76 bits per heavy atom. The molecular formula is C28H28N2O3. The van der Waals surface area contributed by atoms with E-state index < -0.39 is 4.92 Å². The Kier molecular flexibility index (Phi) is 6.98. The van der Waals surface area contributed by atoms with Gasteiger partial charge < -0.3 is 5.32 Å². The first kappa shape index (κ1) is 22.5. The molecule has 0 aliphatic heterocycles. The third-order valence-electron chi connectivity index (χ3n) is 6.21. The van der Waals surface area contributed by atoms with Crippen LogP contribution in [-0.4, -0.2) is 10.8 Å². The molecule has 0 saturated heterocycles. The molecule has 168 valence electrons. The first-order valence-corrected chi connectivity index (χ1v) is 11.5. The molecule has 1 aliphatic carbocycles. The van der Waals surface area contributed by atoms with Crippen LogP contribution < -0.4 is 5.32 Å². The summed E-state index contributed by atoms with van der Waals surface area (Å²) in [6.07, 6.45) is 7.16. The first-order valence-electron chi connectivity index (χ1n) is 11.5. The predicted octanol–water partition coefficient (Wildman–Crippen LogP) is 6.28. The van der Waals surface area contributed by atoms with Crippen molar-refractivity contribution in [3.05, 3.63) is 111 Å². The molecule has 5 nitrogen and oxygen atoms in total. The SMILES string of the molecule is CC[C@@H](NC(=O)/C(=C/c1cccc([N+](=O)[O-])c1)c1ccccc1)c1ccc2c(c1)CCCC2. The summed E-state index contributed by atoms with van der Waals surface area (Å²) < 4.78 is 0. The Hall–Kier alpha value is -3.73. The predicted molar refractivity (Wildman–Crippen MR) is 132 cm³/mol.